The van der Waals surface area contributed by atoms with Crippen molar-refractivity contribution in [1.29, 1.82) is 0 Å². The number of carbonyl (C=O) groups excluding carboxylic acids is 1. The summed E-state index contributed by atoms with van der Waals surface area (Å²) < 4.78 is 0. The summed E-state index contributed by atoms with van der Waals surface area (Å²) in [6, 6.07) is 11.2. The summed E-state index contributed by atoms with van der Waals surface area (Å²) in [7, 11) is 3.68. The van der Waals surface area contributed by atoms with Crippen LogP contribution in [-0.4, -0.2) is 46.3 Å². The van der Waals surface area contributed by atoms with E-state index in [4.69, 9.17) is 0 Å². The number of anilines is 1. The zero-order chi connectivity index (χ0) is 24.3. The molecule has 2 atom stereocenters. The van der Waals surface area contributed by atoms with E-state index in [1.165, 1.54) is 44.9 Å². The average molecular weight is 462 g/mol. The number of rotatable bonds is 6. The fourth-order valence-electron chi connectivity index (χ4n) is 5.33. The second-order valence-corrected chi connectivity index (χ2v) is 9.89. The van der Waals surface area contributed by atoms with Crippen LogP contribution in [0.2, 0.25) is 0 Å². The van der Waals surface area contributed by atoms with Crippen molar-refractivity contribution in [2.75, 3.05) is 19.0 Å². The molecule has 2 aromatic heterocycles. The first kappa shape index (κ1) is 23.9. The molecule has 1 fully saturated rings. The SMILES string of the molecule is CCC[C@]1(C)CCCC[C@H](N(C)c2ccc(-c3cc4ccc(C(=O)NC)nc4cc3O)nn2)C1. The minimum atomic E-state index is -0.264. The molecule has 3 aromatic rings. The zero-order valence-electron chi connectivity index (χ0n) is 20.6. The quantitative estimate of drug-likeness (QED) is 0.482. The van der Waals surface area contributed by atoms with E-state index in [0.717, 1.165) is 11.2 Å². The summed E-state index contributed by atoms with van der Waals surface area (Å²) in [6.07, 6.45) is 8.69. The lowest BCUT2D eigenvalue weighted by Gasteiger charge is -2.35. The lowest BCUT2D eigenvalue weighted by atomic mass is 9.77. The number of carbonyl (C=O) groups is 1. The molecule has 0 saturated heterocycles. The molecule has 2 N–H and O–H groups in total. The molecule has 0 unspecified atom stereocenters. The topological polar surface area (TPSA) is 91.2 Å². The number of aromatic hydroxyl groups is 1. The molecule has 0 bridgehead atoms. The van der Waals surface area contributed by atoms with Crippen LogP contribution in [0.15, 0.2) is 36.4 Å². The second kappa shape index (κ2) is 9.95. The maximum atomic E-state index is 11.9. The first-order valence-electron chi connectivity index (χ1n) is 12.3. The first-order valence-corrected chi connectivity index (χ1v) is 12.3. The van der Waals surface area contributed by atoms with Crippen molar-refractivity contribution in [1.82, 2.24) is 20.5 Å². The Bertz CT molecular complexity index is 1160. The minimum Gasteiger partial charge on any atom is -0.507 e. The van der Waals surface area contributed by atoms with Gasteiger partial charge in [0.15, 0.2) is 5.82 Å². The Morgan fingerprint density at radius 1 is 1.21 bits per heavy atom. The standard InChI is InChI=1S/C27H35N5O2/c1-5-13-27(2)14-7-6-8-19(17-27)32(4)25-12-11-21(30-31-25)20-15-18-9-10-22(26(34)28-3)29-23(18)16-24(20)33/h9-12,15-16,19,33H,5-8,13-14,17H2,1-4H3,(H,28,34)/t19-,27+/m0/s1. The summed E-state index contributed by atoms with van der Waals surface area (Å²) in [5.74, 6) is 0.648. The third-order valence-corrected chi connectivity index (χ3v) is 7.25. The second-order valence-electron chi connectivity index (χ2n) is 9.89. The van der Waals surface area contributed by atoms with Crippen LogP contribution in [0.25, 0.3) is 22.2 Å². The van der Waals surface area contributed by atoms with Crippen molar-refractivity contribution < 1.29 is 9.90 Å². The molecule has 0 spiro atoms. The molecular formula is C27H35N5O2. The number of hydrogen-bond acceptors (Lipinski definition) is 6. The van der Waals surface area contributed by atoms with Gasteiger partial charge in [-0.05, 0) is 55.4 Å². The van der Waals surface area contributed by atoms with Crippen LogP contribution < -0.4 is 10.2 Å². The van der Waals surface area contributed by atoms with Crippen LogP contribution in [-0.2, 0) is 0 Å². The van der Waals surface area contributed by atoms with Crippen molar-refractivity contribution >= 4 is 22.6 Å². The number of hydrogen-bond donors (Lipinski definition) is 2. The molecule has 2 heterocycles. The molecule has 1 aromatic carbocycles. The molecule has 7 heteroatoms. The molecule has 7 nitrogen and oxygen atoms in total. The Balaban J connectivity index is 1.57. The zero-order valence-corrected chi connectivity index (χ0v) is 20.6. The van der Waals surface area contributed by atoms with Gasteiger partial charge in [-0.15, -0.1) is 10.2 Å². The predicted octanol–water partition coefficient (Wildman–Crippen LogP) is 5.33. The monoisotopic (exact) mass is 461 g/mol. The van der Waals surface area contributed by atoms with Crippen molar-refractivity contribution in [3.63, 3.8) is 0 Å². The number of phenolic OH excluding ortho intramolecular Hbond substituents is 1. The summed E-state index contributed by atoms with van der Waals surface area (Å²) in [6.45, 7) is 4.71. The third-order valence-electron chi connectivity index (χ3n) is 7.25. The first-order chi connectivity index (χ1) is 16.3. The number of phenols is 1. The van der Waals surface area contributed by atoms with Crippen molar-refractivity contribution in [2.45, 2.75) is 64.8 Å². The van der Waals surface area contributed by atoms with Gasteiger partial charge in [0, 0.05) is 37.2 Å². The summed E-state index contributed by atoms with van der Waals surface area (Å²) in [4.78, 5) is 18.5. The summed E-state index contributed by atoms with van der Waals surface area (Å²) in [5.41, 5.74) is 2.44. The van der Waals surface area contributed by atoms with E-state index >= 15 is 0 Å². The minimum absolute atomic E-state index is 0.0589. The van der Waals surface area contributed by atoms with Crippen LogP contribution >= 0.6 is 0 Å². The number of benzene rings is 1. The van der Waals surface area contributed by atoms with Gasteiger partial charge in [0.2, 0.25) is 0 Å². The maximum absolute atomic E-state index is 11.9. The molecule has 1 aliphatic carbocycles. The Hall–Kier alpha value is -3.22. The van der Waals surface area contributed by atoms with Crippen LogP contribution in [0.4, 0.5) is 5.82 Å². The van der Waals surface area contributed by atoms with E-state index in [-0.39, 0.29) is 11.7 Å². The fourth-order valence-corrected chi connectivity index (χ4v) is 5.33. The van der Waals surface area contributed by atoms with E-state index in [1.54, 1.807) is 19.2 Å². The number of aromatic nitrogens is 3. The van der Waals surface area contributed by atoms with Gasteiger partial charge < -0.3 is 15.3 Å². The number of amides is 1. The molecule has 0 radical (unpaired) electrons. The van der Waals surface area contributed by atoms with Crippen LogP contribution in [0.5, 0.6) is 5.75 Å². The van der Waals surface area contributed by atoms with Crippen LogP contribution in [0.3, 0.4) is 0 Å². The largest absolute Gasteiger partial charge is 0.507 e. The van der Waals surface area contributed by atoms with E-state index < -0.39 is 0 Å². The van der Waals surface area contributed by atoms with Gasteiger partial charge in [-0.2, -0.15) is 0 Å². The van der Waals surface area contributed by atoms with Crippen LogP contribution in [0.1, 0.15) is 69.3 Å². The van der Waals surface area contributed by atoms with E-state index in [2.05, 4.69) is 46.3 Å². The predicted molar refractivity (Wildman–Crippen MR) is 136 cm³/mol. The van der Waals surface area contributed by atoms with Crippen molar-refractivity contribution in [3.8, 4) is 17.0 Å². The maximum Gasteiger partial charge on any atom is 0.269 e. The Kier molecular flexibility index (Phi) is 7.00. The smallest absolute Gasteiger partial charge is 0.269 e. The fraction of sp³-hybridized carbons (Fsp3) is 0.481. The highest BCUT2D eigenvalue weighted by Crippen LogP contribution is 2.40. The van der Waals surface area contributed by atoms with Gasteiger partial charge in [0.1, 0.15) is 11.4 Å². The summed E-state index contributed by atoms with van der Waals surface area (Å²) in [5, 5.41) is 23.0. The number of fused-ring (bicyclic) bond motifs is 1. The molecule has 180 valence electrons. The number of pyridine rings is 1. The van der Waals surface area contributed by atoms with E-state index in [9.17, 15) is 9.90 Å². The molecule has 34 heavy (non-hydrogen) atoms. The van der Waals surface area contributed by atoms with Gasteiger partial charge in [-0.3, -0.25) is 4.79 Å². The van der Waals surface area contributed by atoms with Gasteiger partial charge in [0.25, 0.3) is 5.91 Å². The van der Waals surface area contributed by atoms with Crippen molar-refractivity contribution in [3.05, 3.63) is 42.1 Å². The summed E-state index contributed by atoms with van der Waals surface area (Å²) >= 11 is 0. The molecular weight excluding hydrogens is 426 g/mol. The highest BCUT2D eigenvalue weighted by molar-refractivity contribution is 5.96. The number of nitrogens with zero attached hydrogens (tertiary/aromatic N) is 4. The molecule has 1 amide bonds. The molecule has 1 saturated carbocycles. The van der Waals surface area contributed by atoms with E-state index in [1.807, 2.05) is 24.3 Å². The van der Waals surface area contributed by atoms with Crippen LogP contribution in [0, 0.1) is 5.41 Å². The van der Waals surface area contributed by atoms with Crippen molar-refractivity contribution in [2.24, 2.45) is 5.41 Å². The van der Waals surface area contributed by atoms with Gasteiger partial charge in [-0.1, -0.05) is 39.2 Å². The Morgan fingerprint density at radius 3 is 2.74 bits per heavy atom. The highest BCUT2D eigenvalue weighted by Gasteiger charge is 2.32. The Morgan fingerprint density at radius 2 is 2.03 bits per heavy atom. The lowest BCUT2D eigenvalue weighted by Crippen LogP contribution is -2.36. The normalized spacial score (nSPS) is 20.6. The Labute approximate surface area is 201 Å². The van der Waals surface area contributed by atoms with Gasteiger partial charge >= 0.3 is 0 Å². The third kappa shape index (κ3) is 4.98. The molecule has 4 rings (SSSR count). The molecule has 1 aliphatic rings. The lowest BCUT2D eigenvalue weighted by molar-refractivity contribution is 0.0958. The molecule has 0 aliphatic heterocycles. The number of nitrogens with one attached hydrogen (secondary N) is 1. The van der Waals surface area contributed by atoms with Gasteiger partial charge in [0.05, 0.1) is 11.2 Å². The van der Waals surface area contributed by atoms with Gasteiger partial charge in [-0.25, -0.2) is 4.98 Å². The van der Waals surface area contributed by atoms with E-state index in [0.29, 0.717) is 33.9 Å². The highest BCUT2D eigenvalue weighted by atomic mass is 16.3. The average Bonchev–Trinajstić information content (AvgIpc) is 3.04.